The number of aryl methyl sites for hydroxylation is 2. The van der Waals surface area contributed by atoms with E-state index in [0.29, 0.717) is 11.4 Å². The van der Waals surface area contributed by atoms with Crippen molar-refractivity contribution in [3.8, 4) is 0 Å². The van der Waals surface area contributed by atoms with Crippen LogP contribution in [0, 0.1) is 13.8 Å². The molecule has 0 aliphatic heterocycles. The average Bonchev–Trinajstić information content (AvgIpc) is 2.34. The van der Waals surface area contributed by atoms with Crippen molar-refractivity contribution >= 4 is 27.5 Å². The molecule has 18 heavy (non-hydrogen) atoms. The van der Waals surface area contributed by atoms with Crippen LogP contribution in [-0.2, 0) is 0 Å². The van der Waals surface area contributed by atoms with Gasteiger partial charge >= 0.3 is 0 Å². The van der Waals surface area contributed by atoms with E-state index in [1.165, 1.54) is 0 Å². The average molecular weight is 306 g/mol. The Balaban J connectivity index is 2.22. The Morgan fingerprint density at radius 2 is 2.06 bits per heavy atom. The first-order valence-corrected chi connectivity index (χ1v) is 6.22. The predicted octanol–water partition coefficient (Wildman–Crippen LogP) is 3.11. The SMILES string of the molecule is Cc1cc(NC(=O)c2ncccc2C)cnc1Br. The minimum Gasteiger partial charge on any atom is -0.319 e. The quantitative estimate of drug-likeness (QED) is 0.867. The number of amides is 1. The summed E-state index contributed by atoms with van der Waals surface area (Å²) < 4.78 is 0.773. The van der Waals surface area contributed by atoms with Gasteiger partial charge in [-0.1, -0.05) is 6.07 Å². The van der Waals surface area contributed by atoms with Crippen LogP contribution in [0.3, 0.4) is 0 Å². The molecule has 0 radical (unpaired) electrons. The van der Waals surface area contributed by atoms with E-state index in [1.807, 2.05) is 26.0 Å². The Labute approximate surface area is 114 Å². The molecule has 0 fully saturated rings. The van der Waals surface area contributed by atoms with Gasteiger partial charge in [-0.05, 0) is 53.0 Å². The molecule has 0 unspecified atom stereocenters. The van der Waals surface area contributed by atoms with E-state index in [9.17, 15) is 4.79 Å². The highest BCUT2D eigenvalue weighted by Crippen LogP contribution is 2.17. The van der Waals surface area contributed by atoms with E-state index in [1.54, 1.807) is 18.5 Å². The first kappa shape index (κ1) is 12.7. The standard InChI is InChI=1S/C13H12BrN3O/c1-8-4-3-5-15-11(8)13(18)17-10-6-9(2)12(14)16-7-10/h3-7H,1-2H3,(H,17,18). The highest BCUT2D eigenvalue weighted by molar-refractivity contribution is 9.10. The highest BCUT2D eigenvalue weighted by atomic mass is 79.9. The van der Waals surface area contributed by atoms with Crippen molar-refractivity contribution in [1.29, 1.82) is 0 Å². The number of aromatic nitrogens is 2. The second-order valence-electron chi connectivity index (χ2n) is 3.95. The van der Waals surface area contributed by atoms with Crippen molar-refractivity contribution < 1.29 is 4.79 Å². The molecule has 1 amide bonds. The Morgan fingerprint density at radius 3 is 2.72 bits per heavy atom. The second kappa shape index (κ2) is 5.27. The number of anilines is 1. The summed E-state index contributed by atoms with van der Waals surface area (Å²) in [6, 6.07) is 5.51. The molecule has 0 spiro atoms. The van der Waals surface area contributed by atoms with Crippen LogP contribution in [0.15, 0.2) is 35.2 Å². The number of halogens is 1. The maximum absolute atomic E-state index is 12.0. The van der Waals surface area contributed by atoms with E-state index < -0.39 is 0 Å². The molecule has 0 saturated heterocycles. The lowest BCUT2D eigenvalue weighted by atomic mass is 10.2. The molecule has 4 nitrogen and oxygen atoms in total. The van der Waals surface area contributed by atoms with E-state index in [2.05, 4.69) is 31.2 Å². The van der Waals surface area contributed by atoms with Crippen molar-refractivity contribution in [3.05, 3.63) is 52.0 Å². The van der Waals surface area contributed by atoms with Crippen molar-refractivity contribution in [2.75, 3.05) is 5.32 Å². The van der Waals surface area contributed by atoms with Gasteiger partial charge in [-0.2, -0.15) is 0 Å². The number of carbonyl (C=O) groups excluding carboxylic acids is 1. The molecule has 2 heterocycles. The maximum Gasteiger partial charge on any atom is 0.274 e. The molecule has 2 aromatic rings. The van der Waals surface area contributed by atoms with Crippen LogP contribution in [0.2, 0.25) is 0 Å². The largest absolute Gasteiger partial charge is 0.319 e. The number of hydrogen-bond donors (Lipinski definition) is 1. The van der Waals surface area contributed by atoms with Gasteiger partial charge < -0.3 is 5.32 Å². The summed E-state index contributed by atoms with van der Waals surface area (Å²) in [5.41, 5.74) is 2.89. The van der Waals surface area contributed by atoms with E-state index in [-0.39, 0.29) is 5.91 Å². The highest BCUT2D eigenvalue weighted by Gasteiger charge is 2.10. The van der Waals surface area contributed by atoms with Gasteiger partial charge in [0.2, 0.25) is 0 Å². The molecule has 0 aromatic carbocycles. The molecular formula is C13H12BrN3O. The molecule has 0 aliphatic rings. The summed E-state index contributed by atoms with van der Waals surface area (Å²) in [7, 11) is 0. The molecule has 0 aliphatic carbocycles. The molecule has 5 heteroatoms. The van der Waals surface area contributed by atoms with Gasteiger partial charge in [0.1, 0.15) is 10.3 Å². The van der Waals surface area contributed by atoms with Gasteiger partial charge in [-0.3, -0.25) is 9.78 Å². The minimum absolute atomic E-state index is 0.225. The van der Waals surface area contributed by atoms with Crippen LogP contribution in [0.1, 0.15) is 21.6 Å². The van der Waals surface area contributed by atoms with E-state index in [0.717, 1.165) is 15.7 Å². The molecule has 92 valence electrons. The third-order valence-electron chi connectivity index (χ3n) is 2.50. The summed E-state index contributed by atoms with van der Waals surface area (Å²) >= 11 is 3.32. The van der Waals surface area contributed by atoms with Crippen LogP contribution in [0.4, 0.5) is 5.69 Å². The molecule has 2 rings (SSSR count). The minimum atomic E-state index is -0.225. The normalized spacial score (nSPS) is 10.2. The molecule has 0 bridgehead atoms. The summed E-state index contributed by atoms with van der Waals surface area (Å²) in [4.78, 5) is 20.2. The van der Waals surface area contributed by atoms with Crippen LogP contribution < -0.4 is 5.32 Å². The third kappa shape index (κ3) is 2.73. The number of pyridine rings is 2. The zero-order valence-electron chi connectivity index (χ0n) is 10.1. The summed E-state index contributed by atoms with van der Waals surface area (Å²) in [6.45, 7) is 3.77. The smallest absolute Gasteiger partial charge is 0.274 e. The molecule has 2 aromatic heterocycles. The van der Waals surface area contributed by atoms with Crippen molar-refractivity contribution in [1.82, 2.24) is 9.97 Å². The lowest BCUT2D eigenvalue weighted by Crippen LogP contribution is -2.15. The fourth-order valence-electron chi connectivity index (χ4n) is 1.54. The van der Waals surface area contributed by atoms with Gasteiger partial charge in [0, 0.05) is 6.20 Å². The number of nitrogens with one attached hydrogen (secondary N) is 1. The maximum atomic E-state index is 12.0. The monoisotopic (exact) mass is 305 g/mol. The third-order valence-corrected chi connectivity index (χ3v) is 3.33. The van der Waals surface area contributed by atoms with Gasteiger partial charge in [0.15, 0.2) is 0 Å². The van der Waals surface area contributed by atoms with Crippen molar-refractivity contribution in [3.63, 3.8) is 0 Å². The summed E-state index contributed by atoms with van der Waals surface area (Å²) in [5, 5.41) is 2.78. The lowest BCUT2D eigenvalue weighted by Gasteiger charge is -2.07. The van der Waals surface area contributed by atoms with Crippen LogP contribution in [0.5, 0.6) is 0 Å². The lowest BCUT2D eigenvalue weighted by molar-refractivity contribution is 0.102. The number of nitrogens with zero attached hydrogens (tertiary/aromatic N) is 2. The van der Waals surface area contributed by atoms with Crippen LogP contribution in [-0.4, -0.2) is 15.9 Å². The van der Waals surface area contributed by atoms with Crippen LogP contribution >= 0.6 is 15.9 Å². The first-order chi connectivity index (χ1) is 8.58. The van der Waals surface area contributed by atoms with Crippen molar-refractivity contribution in [2.45, 2.75) is 13.8 Å². The first-order valence-electron chi connectivity index (χ1n) is 5.43. The van der Waals surface area contributed by atoms with Gasteiger partial charge in [-0.25, -0.2) is 4.98 Å². The summed E-state index contributed by atoms with van der Waals surface area (Å²) in [5.74, 6) is -0.225. The van der Waals surface area contributed by atoms with Crippen molar-refractivity contribution in [2.24, 2.45) is 0 Å². The van der Waals surface area contributed by atoms with E-state index in [4.69, 9.17) is 0 Å². The number of rotatable bonds is 2. The fourth-order valence-corrected chi connectivity index (χ4v) is 1.76. The molecule has 0 atom stereocenters. The van der Waals surface area contributed by atoms with Gasteiger partial charge in [0.25, 0.3) is 5.91 Å². The fraction of sp³-hybridized carbons (Fsp3) is 0.154. The topological polar surface area (TPSA) is 54.9 Å². The second-order valence-corrected chi connectivity index (χ2v) is 4.71. The Hall–Kier alpha value is -1.75. The Bertz CT molecular complexity index is 599. The molecule has 0 saturated carbocycles. The number of hydrogen-bond acceptors (Lipinski definition) is 3. The van der Waals surface area contributed by atoms with E-state index >= 15 is 0 Å². The Morgan fingerprint density at radius 1 is 1.28 bits per heavy atom. The zero-order valence-corrected chi connectivity index (χ0v) is 11.7. The molecule has 1 N–H and O–H groups in total. The number of carbonyl (C=O) groups is 1. The van der Waals surface area contributed by atoms with Gasteiger partial charge in [0.05, 0.1) is 11.9 Å². The van der Waals surface area contributed by atoms with Crippen LogP contribution in [0.25, 0.3) is 0 Å². The zero-order chi connectivity index (χ0) is 13.1. The molecular weight excluding hydrogens is 294 g/mol. The Kier molecular flexibility index (Phi) is 3.72. The predicted molar refractivity (Wildman–Crippen MR) is 73.6 cm³/mol. The summed E-state index contributed by atoms with van der Waals surface area (Å²) in [6.07, 6.45) is 3.21. The van der Waals surface area contributed by atoms with Gasteiger partial charge in [-0.15, -0.1) is 0 Å².